The van der Waals surface area contributed by atoms with Crippen LogP contribution in [0.15, 0.2) is 12.1 Å². The summed E-state index contributed by atoms with van der Waals surface area (Å²) in [6.07, 6.45) is 0.751. The summed E-state index contributed by atoms with van der Waals surface area (Å²) in [4.78, 5) is 23.4. The van der Waals surface area contributed by atoms with Crippen LogP contribution in [0.3, 0.4) is 0 Å². The van der Waals surface area contributed by atoms with Crippen molar-refractivity contribution in [2.24, 2.45) is 7.05 Å². The van der Waals surface area contributed by atoms with Crippen molar-refractivity contribution in [1.82, 2.24) is 29.9 Å². The maximum atomic E-state index is 14.1. The van der Waals surface area contributed by atoms with E-state index in [-0.39, 0.29) is 23.2 Å². The number of aromatic nitrogens is 5. The lowest BCUT2D eigenvalue weighted by atomic mass is 10.2. The Kier molecular flexibility index (Phi) is 4.94. The molecule has 3 aromatic heterocycles. The monoisotopic (exact) mass is 405 g/mol. The quantitative estimate of drug-likeness (QED) is 0.693. The van der Waals surface area contributed by atoms with Crippen LogP contribution in [-0.4, -0.2) is 54.5 Å². The Labute approximate surface area is 164 Å². The molecule has 1 amide bonds. The van der Waals surface area contributed by atoms with E-state index in [0.717, 1.165) is 17.8 Å². The predicted octanol–water partition coefficient (Wildman–Crippen LogP) is 1.96. The number of amides is 1. The molecule has 0 aromatic carbocycles. The molecule has 11 heteroatoms. The van der Waals surface area contributed by atoms with Gasteiger partial charge in [-0.2, -0.15) is 24.3 Å². The SMILES string of the molecule is CC(=O)Nc1nc(F)c(CN2C[C@H](Oc3ccc4nn(C)nc4n3)C[C@@H]2C)s1. The van der Waals surface area contributed by atoms with Crippen molar-refractivity contribution in [3.8, 4) is 5.88 Å². The molecule has 0 unspecified atom stereocenters. The number of thiazole rings is 1. The molecular weight excluding hydrogens is 385 g/mol. The summed E-state index contributed by atoms with van der Waals surface area (Å²) < 4.78 is 20.1. The van der Waals surface area contributed by atoms with Crippen molar-refractivity contribution in [3.05, 3.63) is 23.0 Å². The number of carbonyl (C=O) groups is 1. The van der Waals surface area contributed by atoms with Gasteiger partial charge in [-0.15, -0.1) is 5.10 Å². The first-order chi connectivity index (χ1) is 13.4. The minimum absolute atomic E-state index is 0.0533. The first kappa shape index (κ1) is 18.7. The fourth-order valence-electron chi connectivity index (χ4n) is 3.30. The molecule has 2 atom stereocenters. The summed E-state index contributed by atoms with van der Waals surface area (Å²) >= 11 is 1.16. The normalized spacial score (nSPS) is 20.0. The number of nitrogens with one attached hydrogen (secondary N) is 1. The Bertz CT molecular complexity index is 1020. The Morgan fingerprint density at radius 2 is 2.21 bits per heavy atom. The van der Waals surface area contributed by atoms with Crippen molar-refractivity contribution in [2.45, 2.75) is 39.0 Å². The minimum Gasteiger partial charge on any atom is -0.473 e. The molecule has 1 N–H and O–H groups in total. The topological polar surface area (TPSA) is 98.1 Å². The van der Waals surface area contributed by atoms with Gasteiger partial charge in [-0.25, -0.2) is 0 Å². The van der Waals surface area contributed by atoms with Crippen LogP contribution in [0.4, 0.5) is 9.52 Å². The molecular formula is C17H20FN7O2S. The van der Waals surface area contributed by atoms with Gasteiger partial charge < -0.3 is 10.1 Å². The summed E-state index contributed by atoms with van der Waals surface area (Å²) in [7, 11) is 1.74. The Morgan fingerprint density at radius 1 is 1.39 bits per heavy atom. The summed E-state index contributed by atoms with van der Waals surface area (Å²) in [6.45, 7) is 4.51. The van der Waals surface area contributed by atoms with Gasteiger partial charge in [0, 0.05) is 45.6 Å². The van der Waals surface area contributed by atoms with Gasteiger partial charge in [0.2, 0.25) is 23.4 Å². The van der Waals surface area contributed by atoms with Crippen LogP contribution in [-0.2, 0) is 18.4 Å². The van der Waals surface area contributed by atoms with Crippen LogP contribution >= 0.6 is 11.3 Å². The van der Waals surface area contributed by atoms with E-state index in [1.165, 1.54) is 11.7 Å². The smallest absolute Gasteiger partial charge is 0.230 e. The Balaban J connectivity index is 1.41. The van der Waals surface area contributed by atoms with Crippen LogP contribution in [0.25, 0.3) is 11.2 Å². The summed E-state index contributed by atoms with van der Waals surface area (Å²) in [5, 5.41) is 11.2. The maximum Gasteiger partial charge on any atom is 0.230 e. The third-order valence-electron chi connectivity index (χ3n) is 4.55. The maximum absolute atomic E-state index is 14.1. The fraction of sp³-hybridized carbons (Fsp3) is 0.471. The molecule has 1 saturated heterocycles. The first-order valence-electron chi connectivity index (χ1n) is 8.89. The van der Waals surface area contributed by atoms with E-state index >= 15 is 0 Å². The van der Waals surface area contributed by atoms with Crippen molar-refractivity contribution in [1.29, 1.82) is 0 Å². The highest BCUT2D eigenvalue weighted by atomic mass is 32.1. The largest absolute Gasteiger partial charge is 0.473 e. The molecule has 4 heterocycles. The number of likely N-dealkylation sites (tertiary alicyclic amines) is 1. The third-order valence-corrected chi connectivity index (χ3v) is 5.48. The number of hydrogen-bond donors (Lipinski definition) is 1. The van der Waals surface area contributed by atoms with E-state index in [9.17, 15) is 9.18 Å². The molecule has 148 valence electrons. The van der Waals surface area contributed by atoms with Crippen LogP contribution in [0, 0.1) is 5.95 Å². The third kappa shape index (κ3) is 3.94. The van der Waals surface area contributed by atoms with Crippen molar-refractivity contribution >= 4 is 33.5 Å². The Morgan fingerprint density at radius 3 is 3.00 bits per heavy atom. The zero-order valence-corrected chi connectivity index (χ0v) is 16.5. The highest BCUT2D eigenvalue weighted by Gasteiger charge is 2.32. The molecule has 0 saturated carbocycles. The van der Waals surface area contributed by atoms with Gasteiger partial charge in [0.05, 0.1) is 4.88 Å². The number of ether oxygens (including phenoxy) is 1. The average Bonchev–Trinajstić information content (AvgIpc) is 3.24. The van der Waals surface area contributed by atoms with E-state index in [4.69, 9.17) is 4.74 Å². The van der Waals surface area contributed by atoms with Crippen LogP contribution in [0.1, 0.15) is 25.1 Å². The zero-order valence-electron chi connectivity index (χ0n) is 15.7. The number of aryl methyl sites for hydroxylation is 1. The molecule has 3 aromatic rings. The molecule has 0 aliphatic carbocycles. The lowest BCUT2D eigenvalue weighted by Gasteiger charge is -2.19. The molecule has 1 aliphatic heterocycles. The second-order valence-corrected chi connectivity index (χ2v) is 7.93. The number of pyridine rings is 1. The molecule has 0 radical (unpaired) electrons. The number of nitrogens with zero attached hydrogens (tertiary/aromatic N) is 6. The Hall–Kier alpha value is -2.66. The second kappa shape index (κ2) is 7.40. The van der Waals surface area contributed by atoms with E-state index < -0.39 is 5.95 Å². The van der Waals surface area contributed by atoms with Crippen LogP contribution in [0.5, 0.6) is 5.88 Å². The molecule has 1 fully saturated rings. The van der Waals surface area contributed by atoms with Gasteiger partial charge in [-0.1, -0.05) is 11.3 Å². The lowest BCUT2D eigenvalue weighted by molar-refractivity contribution is -0.114. The molecule has 4 rings (SSSR count). The lowest BCUT2D eigenvalue weighted by Crippen LogP contribution is -2.28. The summed E-state index contributed by atoms with van der Waals surface area (Å²) in [5.41, 5.74) is 1.26. The summed E-state index contributed by atoms with van der Waals surface area (Å²) in [5.74, 6) is -0.306. The van der Waals surface area contributed by atoms with Crippen molar-refractivity contribution in [3.63, 3.8) is 0 Å². The molecule has 0 spiro atoms. The van der Waals surface area contributed by atoms with Crippen LogP contribution < -0.4 is 10.1 Å². The predicted molar refractivity (Wildman–Crippen MR) is 102 cm³/mol. The number of fused-ring (bicyclic) bond motifs is 1. The summed E-state index contributed by atoms with van der Waals surface area (Å²) in [6, 6.07) is 3.83. The van der Waals surface area contributed by atoms with Gasteiger partial charge in [-0.05, 0) is 13.0 Å². The average molecular weight is 405 g/mol. The minimum atomic E-state index is -0.542. The van der Waals surface area contributed by atoms with E-state index in [1.54, 1.807) is 13.1 Å². The van der Waals surface area contributed by atoms with Gasteiger partial charge in [-0.3, -0.25) is 9.69 Å². The highest BCUT2D eigenvalue weighted by molar-refractivity contribution is 7.15. The fourth-order valence-corrected chi connectivity index (χ4v) is 4.21. The number of hydrogen-bond acceptors (Lipinski definition) is 8. The number of carbonyl (C=O) groups excluding carboxylic acids is 1. The van der Waals surface area contributed by atoms with E-state index in [0.29, 0.717) is 35.0 Å². The molecule has 9 nitrogen and oxygen atoms in total. The van der Waals surface area contributed by atoms with E-state index in [2.05, 4.69) is 37.3 Å². The molecule has 0 bridgehead atoms. The number of anilines is 1. The van der Waals surface area contributed by atoms with Gasteiger partial charge >= 0.3 is 0 Å². The van der Waals surface area contributed by atoms with E-state index in [1.807, 2.05) is 6.07 Å². The molecule has 1 aliphatic rings. The highest BCUT2D eigenvalue weighted by Crippen LogP contribution is 2.28. The van der Waals surface area contributed by atoms with Gasteiger partial charge in [0.15, 0.2) is 5.13 Å². The second-order valence-electron chi connectivity index (χ2n) is 6.85. The van der Waals surface area contributed by atoms with Crippen molar-refractivity contribution in [2.75, 3.05) is 11.9 Å². The number of halogens is 1. The standard InChI is InChI=1S/C17H20FN7O2S/c1-9-6-11(27-14-5-4-12-16(20-14)23-24(3)22-12)7-25(9)8-13-15(18)21-17(28-13)19-10(2)26/h4-5,9,11H,6-8H2,1-3H3,(H,19,21,26)/t9-,11+/m0/s1. The van der Waals surface area contributed by atoms with Crippen LogP contribution in [0.2, 0.25) is 0 Å². The molecule has 28 heavy (non-hydrogen) atoms. The van der Waals surface area contributed by atoms with Crippen molar-refractivity contribution < 1.29 is 13.9 Å². The first-order valence-corrected chi connectivity index (χ1v) is 9.70. The zero-order chi connectivity index (χ0) is 19.8. The van der Waals surface area contributed by atoms with Gasteiger partial charge in [0.25, 0.3) is 0 Å². The number of rotatable bonds is 5. The van der Waals surface area contributed by atoms with Gasteiger partial charge in [0.1, 0.15) is 11.6 Å².